The number of aryl methyl sites for hydroxylation is 4. The maximum atomic E-state index is 13.6. The van der Waals surface area contributed by atoms with Gasteiger partial charge in [-0.25, -0.2) is 4.98 Å². The monoisotopic (exact) mass is 415 g/mol. The van der Waals surface area contributed by atoms with Gasteiger partial charge in [-0.15, -0.1) is 11.3 Å². The number of rotatable bonds is 5. The summed E-state index contributed by atoms with van der Waals surface area (Å²) in [5.41, 5.74) is 4.04. The third-order valence-corrected chi connectivity index (χ3v) is 7.09. The average Bonchev–Trinajstić information content (AvgIpc) is 2.98. The molecule has 0 saturated carbocycles. The van der Waals surface area contributed by atoms with Gasteiger partial charge in [-0.3, -0.25) is 14.2 Å². The van der Waals surface area contributed by atoms with Crippen molar-refractivity contribution in [3.8, 4) is 5.69 Å². The molecule has 28 heavy (non-hydrogen) atoms. The molecule has 0 spiro atoms. The van der Waals surface area contributed by atoms with Crippen molar-refractivity contribution >= 4 is 39.2 Å². The highest BCUT2D eigenvalue weighted by molar-refractivity contribution is 8.00. The molecule has 0 saturated heterocycles. The molecule has 7 heteroatoms. The normalized spacial score (nSPS) is 12.4. The van der Waals surface area contributed by atoms with E-state index in [1.807, 2.05) is 45.9 Å². The van der Waals surface area contributed by atoms with Crippen molar-refractivity contribution in [3.63, 3.8) is 0 Å². The van der Waals surface area contributed by atoms with Crippen LogP contribution in [-0.4, -0.2) is 27.8 Å². The van der Waals surface area contributed by atoms with E-state index in [0.29, 0.717) is 10.5 Å². The van der Waals surface area contributed by atoms with Crippen molar-refractivity contribution in [1.29, 1.82) is 0 Å². The highest BCUT2D eigenvalue weighted by Crippen LogP contribution is 2.32. The van der Waals surface area contributed by atoms with E-state index in [1.54, 1.807) is 23.0 Å². The summed E-state index contributed by atoms with van der Waals surface area (Å²) in [6, 6.07) is 5.96. The molecular formula is C21H25N3O2S2. The standard InChI is InChI=1S/C21H25N3O2S2/c1-7-16-13(4)27-19-17(16)20(26)24(15-9-8-11(2)12(3)10-15)21(23-19)28-14(5)18(25)22-6/h8-10,14H,7H2,1-6H3,(H,22,25). The Labute approximate surface area is 173 Å². The predicted octanol–water partition coefficient (Wildman–Crippen LogP) is 4.16. The Bertz CT molecular complexity index is 1120. The Kier molecular flexibility index (Phi) is 5.95. The van der Waals surface area contributed by atoms with Crippen LogP contribution in [0.25, 0.3) is 15.9 Å². The molecule has 2 heterocycles. The van der Waals surface area contributed by atoms with Gasteiger partial charge in [-0.2, -0.15) is 0 Å². The van der Waals surface area contributed by atoms with Gasteiger partial charge in [-0.1, -0.05) is 24.8 Å². The molecule has 0 radical (unpaired) electrons. The predicted molar refractivity (Wildman–Crippen MR) is 118 cm³/mol. The number of carbonyl (C=O) groups excluding carboxylic acids is 1. The Morgan fingerprint density at radius 2 is 2.00 bits per heavy atom. The first-order valence-electron chi connectivity index (χ1n) is 9.29. The third-order valence-electron chi connectivity index (χ3n) is 5.00. The van der Waals surface area contributed by atoms with Crippen LogP contribution >= 0.6 is 23.1 Å². The van der Waals surface area contributed by atoms with E-state index in [4.69, 9.17) is 4.98 Å². The molecule has 0 aliphatic rings. The number of hydrogen-bond acceptors (Lipinski definition) is 5. The van der Waals surface area contributed by atoms with Gasteiger partial charge in [0.2, 0.25) is 5.91 Å². The second-order valence-corrected chi connectivity index (χ2v) is 9.36. The Balaban J connectivity index is 2.32. The number of fused-ring (bicyclic) bond motifs is 1. The fraction of sp³-hybridized carbons (Fsp3) is 0.381. The smallest absolute Gasteiger partial charge is 0.267 e. The highest BCUT2D eigenvalue weighted by atomic mass is 32.2. The van der Waals surface area contributed by atoms with Gasteiger partial charge >= 0.3 is 0 Å². The first kappa shape index (κ1) is 20.6. The van der Waals surface area contributed by atoms with E-state index >= 15 is 0 Å². The molecule has 2 aromatic heterocycles. The van der Waals surface area contributed by atoms with E-state index in [0.717, 1.165) is 32.9 Å². The maximum Gasteiger partial charge on any atom is 0.267 e. The topological polar surface area (TPSA) is 64.0 Å². The number of carbonyl (C=O) groups is 1. The van der Waals surface area contributed by atoms with Crippen LogP contribution in [0.2, 0.25) is 0 Å². The minimum Gasteiger partial charge on any atom is -0.358 e. The summed E-state index contributed by atoms with van der Waals surface area (Å²) < 4.78 is 1.66. The number of nitrogens with one attached hydrogen (secondary N) is 1. The van der Waals surface area contributed by atoms with Crippen molar-refractivity contribution in [2.24, 2.45) is 0 Å². The van der Waals surface area contributed by atoms with Crippen LogP contribution in [0.3, 0.4) is 0 Å². The fourth-order valence-electron chi connectivity index (χ4n) is 3.21. The summed E-state index contributed by atoms with van der Waals surface area (Å²) in [6.07, 6.45) is 0.789. The lowest BCUT2D eigenvalue weighted by molar-refractivity contribution is -0.119. The van der Waals surface area contributed by atoms with Gasteiger partial charge in [0.1, 0.15) is 4.83 Å². The zero-order valence-corrected chi connectivity index (χ0v) is 18.7. The molecule has 3 aromatic rings. The summed E-state index contributed by atoms with van der Waals surface area (Å²) in [5.74, 6) is -0.0948. The van der Waals surface area contributed by atoms with Crippen LogP contribution < -0.4 is 10.9 Å². The van der Waals surface area contributed by atoms with E-state index < -0.39 is 0 Å². The molecule has 148 valence electrons. The fourth-order valence-corrected chi connectivity index (χ4v) is 5.35. The molecule has 3 rings (SSSR count). The zero-order chi connectivity index (χ0) is 20.6. The van der Waals surface area contributed by atoms with E-state index in [-0.39, 0.29) is 16.7 Å². The summed E-state index contributed by atoms with van der Waals surface area (Å²) in [6.45, 7) is 9.99. The van der Waals surface area contributed by atoms with Crippen LogP contribution in [-0.2, 0) is 11.2 Å². The number of thiophene rings is 1. The second-order valence-electron chi connectivity index (χ2n) is 6.85. The van der Waals surface area contributed by atoms with Crippen molar-refractivity contribution in [2.75, 3.05) is 7.05 Å². The zero-order valence-electron chi connectivity index (χ0n) is 17.0. The summed E-state index contributed by atoms with van der Waals surface area (Å²) >= 11 is 2.85. The third kappa shape index (κ3) is 3.61. The second kappa shape index (κ2) is 8.09. The van der Waals surface area contributed by atoms with Crippen LogP contribution in [0.15, 0.2) is 28.2 Å². The Morgan fingerprint density at radius 3 is 2.61 bits per heavy atom. The van der Waals surface area contributed by atoms with Crippen LogP contribution in [0, 0.1) is 20.8 Å². The molecule has 1 aromatic carbocycles. The van der Waals surface area contributed by atoms with Crippen molar-refractivity contribution in [1.82, 2.24) is 14.9 Å². The van der Waals surface area contributed by atoms with Crippen molar-refractivity contribution in [2.45, 2.75) is 51.4 Å². The van der Waals surface area contributed by atoms with Gasteiger partial charge in [0, 0.05) is 11.9 Å². The number of hydrogen-bond donors (Lipinski definition) is 1. The SMILES string of the molecule is CCc1c(C)sc2nc(SC(C)C(=O)NC)n(-c3ccc(C)c(C)c3)c(=O)c12. The summed E-state index contributed by atoms with van der Waals surface area (Å²) in [5, 5.41) is 3.54. The number of benzene rings is 1. The lowest BCUT2D eigenvalue weighted by Gasteiger charge is -2.16. The maximum absolute atomic E-state index is 13.6. The molecule has 1 N–H and O–H groups in total. The average molecular weight is 416 g/mol. The van der Waals surface area contributed by atoms with Crippen LogP contribution in [0.4, 0.5) is 0 Å². The van der Waals surface area contributed by atoms with Crippen LogP contribution in [0.5, 0.6) is 0 Å². The summed E-state index contributed by atoms with van der Waals surface area (Å²) in [7, 11) is 1.61. The van der Waals surface area contributed by atoms with Crippen molar-refractivity contribution in [3.05, 3.63) is 50.1 Å². The number of nitrogens with zero attached hydrogens (tertiary/aromatic N) is 2. The van der Waals surface area contributed by atoms with E-state index in [2.05, 4.69) is 12.2 Å². The molecule has 0 bridgehead atoms. The Morgan fingerprint density at radius 1 is 1.29 bits per heavy atom. The lowest BCUT2D eigenvalue weighted by atomic mass is 10.1. The molecule has 5 nitrogen and oxygen atoms in total. The number of amides is 1. The minimum absolute atomic E-state index is 0.0685. The van der Waals surface area contributed by atoms with E-state index in [9.17, 15) is 9.59 Å². The molecule has 1 atom stereocenters. The first-order valence-corrected chi connectivity index (χ1v) is 11.0. The highest BCUT2D eigenvalue weighted by Gasteiger charge is 2.22. The van der Waals surface area contributed by atoms with Gasteiger partial charge in [0.05, 0.1) is 16.3 Å². The molecule has 1 unspecified atom stereocenters. The summed E-state index contributed by atoms with van der Waals surface area (Å²) in [4.78, 5) is 32.3. The quantitative estimate of drug-likeness (QED) is 0.502. The lowest BCUT2D eigenvalue weighted by Crippen LogP contribution is -2.29. The molecule has 0 fully saturated rings. The molecular weight excluding hydrogens is 390 g/mol. The Hall–Kier alpha value is -2.12. The van der Waals surface area contributed by atoms with E-state index in [1.165, 1.54) is 17.3 Å². The first-order chi connectivity index (χ1) is 13.3. The van der Waals surface area contributed by atoms with Gasteiger partial charge in [0.25, 0.3) is 5.56 Å². The van der Waals surface area contributed by atoms with Gasteiger partial charge in [-0.05, 0) is 62.9 Å². The van der Waals surface area contributed by atoms with Gasteiger partial charge < -0.3 is 5.32 Å². The molecule has 1 amide bonds. The molecule has 0 aliphatic heterocycles. The number of aromatic nitrogens is 2. The number of thioether (sulfide) groups is 1. The molecule has 0 aliphatic carbocycles. The van der Waals surface area contributed by atoms with Crippen LogP contribution in [0.1, 0.15) is 35.4 Å². The van der Waals surface area contributed by atoms with Gasteiger partial charge in [0.15, 0.2) is 5.16 Å². The van der Waals surface area contributed by atoms with Crippen molar-refractivity contribution < 1.29 is 4.79 Å². The largest absolute Gasteiger partial charge is 0.358 e. The minimum atomic E-state index is -0.362.